The number of dihydropyridines is 1. The lowest BCUT2D eigenvalue weighted by Crippen LogP contribution is -2.29. The Labute approximate surface area is 233 Å². The molecule has 0 radical (unpaired) electrons. The second kappa shape index (κ2) is 10.6. The van der Waals surface area contributed by atoms with Crippen LogP contribution in [-0.4, -0.2) is 25.5 Å². The number of ether oxygens (including phenoxy) is 3. The largest absolute Gasteiger partial charge is 0.490 e. The van der Waals surface area contributed by atoms with Crippen LogP contribution in [0.3, 0.4) is 0 Å². The Morgan fingerprint density at radius 3 is 2.45 bits per heavy atom. The molecule has 5 rings (SSSR count). The molecule has 2 aliphatic rings. The third-order valence-electron chi connectivity index (χ3n) is 6.62. The molecule has 1 aliphatic heterocycles. The lowest BCUT2D eigenvalue weighted by Gasteiger charge is -2.29. The summed E-state index contributed by atoms with van der Waals surface area (Å²) >= 11 is 2.17. The Hall–Kier alpha value is -3.66. The first-order valence-corrected chi connectivity index (χ1v) is 13.2. The maximum absolute atomic E-state index is 13.7. The maximum Gasteiger partial charge on any atom is 0.336 e. The number of carbonyl (C=O) groups excluding carboxylic acids is 2. The van der Waals surface area contributed by atoms with Crippen molar-refractivity contribution in [1.82, 2.24) is 5.32 Å². The molecule has 6 nitrogen and oxygen atoms in total. The van der Waals surface area contributed by atoms with Gasteiger partial charge in [0.2, 0.25) is 0 Å². The van der Waals surface area contributed by atoms with Gasteiger partial charge in [-0.25, -0.2) is 9.18 Å². The predicted molar refractivity (Wildman–Crippen MR) is 149 cm³/mol. The average molecular weight is 625 g/mol. The average Bonchev–Trinajstić information content (AvgIpc) is 3.19. The van der Waals surface area contributed by atoms with Crippen molar-refractivity contribution in [3.63, 3.8) is 0 Å². The minimum Gasteiger partial charge on any atom is -0.490 e. The second-order valence-electron chi connectivity index (χ2n) is 8.93. The third-order valence-corrected chi connectivity index (χ3v) is 7.42. The summed E-state index contributed by atoms with van der Waals surface area (Å²) in [5.41, 5.74) is 5.10. The van der Waals surface area contributed by atoms with Gasteiger partial charge >= 0.3 is 5.97 Å². The van der Waals surface area contributed by atoms with Gasteiger partial charge in [0.05, 0.1) is 28.6 Å². The van der Waals surface area contributed by atoms with Gasteiger partial charge in [0.25, 0.3) is 0 Å². The topological polar surface area (TPSA) is 73.9 Å². The van der Waals surface area contributed by atoms with Crippen LogP contribution in [-0.2, 0) is 16.1 Å². The molecule has 194 valence electrons. The maximum atomic E-state index is 13.7. The number of fused-ring (bicyclic) bond motifs is 2. The molecule has 3 aromatic carbocycles. The molecular weight excluding hydrogens is 600 g/mol. The molecule has 1 atom stereocenters. The summed E-state index contributed by atoms with van der Waals surface area (Å²) in [7, 11) is 1.33. The fourth-order valence-electron chi connectivity index (χ4n) is 4.94. The second-order valence-corrected chi connectivity index (χ2v) is 10.1. The van der Waals surface area contributed by atoms with E-state index in [9.17, 15) is 14.0 Å². The Morgan fingerprint density at radius 2 is 1.76 bits per heavy atom. The number of esters is 1. The van der Waals surface area contributed by atoms with Gasteiger partial charge in [-0.2, -0.15) is 0 Å². The van der Waals surface area contributed by atoms with Crippen molar-refractivity contribution in [1.29, 1.82) is 0 Å². The van der Waals surface area contributed by atoms with Crippen LogP contribution in [0.5, 0.6) is 11.5 Å². The van der Waals surface area contributed by atoms with Crippen LogP contribution in [0.15, 0.2) is 77.5 Å². The lowest BCUT2D eigenvalue weighted by molar-refractivity contribution is -0.136. The Morgan fingerprint density at radius 1 is 1.05 bits per heavy atom. The van der Waals surface area contributed by atoms with Crippen molar-refractivity contribution in [2.75, 3.05) is 13.7 Å². The number of ketones is 1. The molecule has 0 unspecified atom stereocenters. The summed E-state index contributed by atoms with van der Waals surface area (Å²) in [6.45, 7) is 4.28. The lowest BCUT2D eigenvalue weighted by atomic mass is 9.79. The molecule has 8 heteroatoms. The predicted octanol–water partition coefficient (Wildman–Crippen LogP) is 6.15. The fraction of sp³-hybridized carbons (Fsp3) is 0.200. The highest BCUT2D eigenvalue weighted by Gasteiger charge is 2.43. The number of rotatable bonds is 7. The molecule has 3 aromatic rings. The number of benzene rings is 3. The number of carbonyl (C=O) groups is 2. The zero-order valence-electron chi connectivity index (χ0n) is 21.1. The van der Waals surface area contributed by atoms with Crippen LogP contribution in [0, 0.1) is 9.39 Å². The van der Waals surface area contributed by atoms with Crippen LogP contribution in [0.25, 0.3) is 5.70 Å². The van der Waals surface area contributed by atoms with Crippen molar-refractivity contribution >= 4 is 40.0 Å². The van der Waals surface area contributed by atoms with Gasteiger partial charge in [0.1, 0.15) is 12.4 Å². The van der Waals surface area contributed by atoms with Crippen molar-refractivity contribution in [2.24, 2.45) is 0 Å². The normalized spacial score (nSPS) is 16.1. The summed E-state index contributed by atoms with van der Waals surface area (Å²) in [5.74, 6) is -0.609. The standard InChI is InChI=1S/C30H25FINO5/c1-4-37-23-14-18(13-22(32)29(23)38-15-17-9-11-19(31)12-10-17)25-24(30(35)36-3)16(2)33-27-20-7-5-6-8-21(20)28(34)26(25)27/h5-14,25,33H,4,15H2,1-3H3/t25-/m0/s1. The highest BCUT2D eigenvalue weighted by molar-refractivity contribution is 14.1. The molecule has 0 bridgehead atoms. The van der Waals surface area contributed by atoms with Gasteiger partial charge in [0.15, 0.2) is 17.3 Å². The SMILES string of the molecule is CCOc1cc([C@H]2C(C(=O)OC)=C(C)NC3=C2C(=O)c2ccccc23)cc(I)c1OCc1ccc(F)cc1. The number of hydrogen-bond acceptors (Lipinski definition) is 6. The van der Waals surface area contributed by atoms with E-state index in [1.807, 2.05) is 44.2 Å². The van der Waals surface area contributed by atoms with E-state index < -0.39 is 11.9 Å². The van der Waals surface area contributed by atoms with Crippen molar-refractivity contribution in [2.45, 2.75) is 26.4 Å². The van der Waals surface area contributed by atoms with Crippen LogP contribution in [0.4, 0.5) is 4.39 Å². The van der Waals surface area contributed by atoms with Crippen LogP contribution < -0.4 is 14.8 Å². The summed E-state index contributed by atoms with van der Waals surface area (Å²) in [5, 5.41) is 3.29. The van der Waals surface area contributed by atoms with E-state index in [1.54, 1.807) is 18.2 Å². The quantitative estimate of drug-likeness (QED) is 0.251. The summed E-state index contributed by atoms with van der Waals surface area (Å²) < 4.78 is 31.3. The third kappa shape index (κ3) is 4.57. The monoisotopic (exact) mass is 625 g/mol. The summed E-state index contributed by atoms with van der Waals surface area (Å²) in [6, 6.07) is 17.2. The minimum atomic E-state index is -0.669. The molecule has 0 saturated heterocycles. The molecule has 0 aromatic heterocycles. The number of allylic oxidation sites excluding steroid dienone is 2. The van der Waals surface area contributed by atoms with Crippen LogP contribution >= 0.6 is 22.6 Å². The first-order chi connectivity index (χ1) is 18.3. The van der Waals surface area contributed by atoms with E-state index in [-0.39, 0.29) is 18.2 Å². The van der Waals surface area contributed by atoms with Gasteiger partial charge in [0, 0.05) is 28.3 Å². The Kier molecular flexibility index (Phi) is 7.25. The van der Waals surface area contributed by atoms with Crippen molar-refractivity contribution < 1.29 is 28.2 Å². The molecular formula is C30H25FINO5. The van der Waals surface area contributed by atoms with Gasteiger partial charge in [-0.3, -0.25) is 4.79 Å². The molecule has 0 spiro atoms. The highest BCUT2D eigenvalue weighted by atomic mass is 127. The number of nitrogens with one attached hydrogen (secondary N) is 1. The minimum absolute atomic E-state index is 0.133. The van der Waals surface area contributed by atoms with Gasteiger partial charge in [-0.15, -0.1) is 0 Å². The van der Waals surface area contributed by atoms with E-state index in [0.29, 0.717) is 51.8 Å². The first-order valence-electron chi connectivity index (χ1n) is 12.1. The van der Waals surface area contributed by atoms with Crippen LogP contribution in [0.1, 0.15) is 46.8 Å². The van der Waals surface area contributed by atoms with E-state index in [4.69, 9.17) is 14.2 Å². The number of methoxy groups -OCH3 is 1. The van der Waals surface area contributed by atoms with E-state index in [2.05, 4.69) is 27.9 Å². The number of hydrogen-bond donors (Lipinski definition) is 1. The smallest absolute Gasteiger partial charge is 0.336 e. The Bertz CT molecular complexity index is 1510. The zero-order valence-corrected chi connectivity index (χ0v) is 23.2. The van der Waals surface area contributed by atoms with Crippen LogP contribution in [0.2, 0.25) is 0 Å². The molecule has 0 fully saturated rings. The Balaban J connectivity index is 1.61. The molecule has 1 aliphatic carbocycles. The number of halogens is 2. The van der Waals surface area contributed by atoms with Gasteiger partial charge in [-0.05, 0) is 71.8 Å². The highest BCUT2D eigenvalue weighted by Crippen LogP contribution is 2.48. The first kappa shape index (κ1) is 26.0. The van der Waals surface area contributed by atoms with E-state index in [0.717, 1.165) is 14.7 Å². The van der Waals surface area contributed by atoms with Gasteiger partial charge < -0.3 is 19.5 Å². The van der Waals surface area contributed by atoms with Gasteiger partial charge in [-0.1, -0.05) is 36.4 Å². The molecule has 1 N–H and O–H groups in total. The van der Waals surface area contributed by atoms with E-state index in [1.165, 1.54) is 19.2 Å². The van der Waals surface area contributed by atoms with Crippen molar-refractivity contribution in [3.8, 4) is 11.5 Å². The summed E-state index contributed by atoms with van der Waals surface area (Å²) in [6.07, 6.45) is 0. The molecule has 0 amide bonds. The molecule has 38 heavy (non-hydrogen) atoms. The fourth-order valence-corrected chi connectivity index (χ4v) is 5.72. The zero-order chi connectivity index (χ0) is 27.0. The van der Waals surface area contributed by atoms with Crippen molar-refractivity contribution in [3.05, 3.63) is 109 Å². The summed E-state index contributed by atoms with van der Waals surface area (Å²) in [4.78, 5) is 26.7. The molecule has 0 saturated carbocycles. The van der Waals surface area contributed by atoms with E-state index >= 15 is 0 Å². The number of Topliss-reactive ketones (excluding diaryl/α,β-unsaturated/α-hetero) is 1. The molecule has 1 heterocycles.